The molecule has 1 aliphatic rings. The van der Waals surface area contributed by atoms with Gasteiger partial charge in [0, 0.05) is 6.54 Å². The van der Waals surface area contributed by atoms with Gasteiger partial charge in [0.05, 0.1) is 13.0 Å². The molecule has 2 rings (SSSR count). The molecule has 1 fully saturated rings. The van der Waals surface area contributed by atoms with Gasteiger partial charge in [0.2, 0.25) is 5.91 Å². The zero-order valence-corrected chi connectivity index (χ0v) is 13.3. The minimum Gasteiger partial charge on any atom is -0.497 e. The van der Waals surface area contributed by atoms with Crippen molar-refractivity contribution in [3.63, 3.8) is 0 Å². The number of benzene rings is 1. The summed E-state index contributed by atoms with van der Waals surface area (Å²) in [6, 6.07) is 6.64. The van der Waals surface area contributed by atoms with Crippen molar-refractivity contribution < 1.29 is 19.4 Å². The van der Waals surface area contributed by atoms with Gasteiger partial charge in [-0.3, -0.25) is 4.79 Å². The van der Waals surface area contributed by atoms with Crippen LogP contribution in [0, 0.1) is 5.92 Å². The Morgan fingerprint density at radius 3 is 2.77 bits per heavy atom. The molecule has 0 spiro atoms. The molecule has 0 bridgehead atoms. The molecule has 5 nitrogen and oxygen atoms in total. The van der Waals surface area contributed by atoms with Gasteiger partial charge < -0.3 is 14.7 Å². The Hall–Kier alpha value is -2.04. The number of carbonyl (C=O) groups excluding carboxylic acids is 1. The van der Waals surface area contributed by atoms with Crippen LogP contribution in [0.5, 0.6) is 5.75 Å². The maximum absolute atomic E-state index is 12.7. The molecule has 0 saturated carbocycles. The smallest absolute Gasteiger partial charge is 0.326 e. The van der Waals surface area contributed by atoms with E-state index in [1.165, 1.54) is 4.90 Å². The highest BCUT2D eigenvalue weighted by atomic mass is 16.5. The average Bonchev–Trinajstić information content (AvgIpc) is 2.53. The molecule has 1 saturated heterocycles. The first-order valence-electron chi connectivity index (χ1n) is 7.61. The van der Waals surface area contributed by atoms with Crippen molar-refractivity contribution in [3.8, 4) is 5.75 Å². The normalized spacial score (nSPS) is 23.0. The lowest BCUT2D eigenvalue weighted by Crippen LogP contribution is -2.51. The summed E-state index contributed by atoms with van der Waals surface area (Å²) in [4.78, 5) is 25.7. The minimum atomic E-state index is -0.919. The standard InChI is InChI=1S/C17H23NO4/c1-11-7-8-18(15(9-11)17(20)21)16(19)12(2)13-5-4-6-14(10-13)22-3/h4-6,10-12,15H,7-9H2,1-3H3,(H,20,21). The highest BCUT2D eigenvalue weighted by molar-refractivity contribution is 5.88. The lowest BCUT2D eigenvalue weighted by molar-refractivity contribution is -0.153. The van der Waals surface area contributed by atoms with E-state index in [1.54, 1.807) is 7.11 Å². The molecule has 1 heterocycles. The molecular weight excluding hydrogens is 282 g/mol. The van der Waals surface area contributed by atoms with Gasteiger partial charge >= 0.3 is 5.97 Å². The zero-order chi connectivity index (χ0) is 16.3. The minimum absolute atomic E-state index is 0.132. The van der Waals surface area contributed by atoms with Crippen molar-refractivity contribution in [2.24, 2.45) is 5.92 Å². The van der Waals surface area contributed by atoms with Gasteiger partial charge in [0.15, 0.2) is 0 Å². The summed E-state index contributed by atoms with van der Waals surface area (Å²) in [5.74, 6) is -0.410. The van der Waals surface area contributed by atoms with Crippen molar-refractivity contribution in [2.45, 2.75) is 38.6 Å². The predicted molar refractivity (Wildman–Crippen MR) is 82.9 cm³/mol. The van der Waals surface area contributed by atoms with Crippen molar-refractivity contribution in [1.29, 1.82) is 0 Å². The molecule has 0 aliphatic carbocycles. The number of carbonyl (C=O) groups is 2. The largest absolute Gasteiger partial charge is 0.497 e. The molecule has 1 aromatic rings. The van der Waals surface area contributed by atoms with Gasteiger partial charge in [-0.05, 0) is 43.4 Å². The third-order valence-electron chi connectivity index (χ3n) is 4.40. The van der Waals surface area contributed by atoms with Crippen LogP contribution in [-0.2, 0) is 9.59 Å². The summed E-state index contributed by atoms with van der Waals surface area (Å²) < 4.78 is 5.18. The molecule has 0 radical (unpaired) electrons. The summed E-state index contributed by atoms with van der Waals surface area (Å²) in [5, 5.41) is 9.40. The molecule has 0 aromatic heterocycles. The van der Waals surface area contributed by atoms with E-state index in [9.17, 15) is 14.7 Å². The number of nitrogens with zero attached hydrogens (tertiary/aromatic N) is 1. The van der Waals surface area contributed by atoms with Crippen LogP contribution in [0.2, 0.25) is 0 Å². The van der Waals surface area contributed by atoms with Crippen molar-refractivity contribution in [1.82, 2.24) is 4.90 Å². The maximum Gasteiger partial charge on any atom is 0.326 e. The fourth-order valence-electron chi connectivity index (χ4n) is 2.94. The van der Waals surface area contributed by atoms with E-state index in [-0.39, 0.29) is 11.8 Å². The van der Waals surface area contributed by atoms with Crippen LogP contribution in [0.15, 0.2) is 24.3 Å². The first-order chi connectivity index (χ1) is 10.4. The number of carboxylic acids is 1. The quantitative estimate of drug-likeness (QED) is 0.928. The number of rotatable bonds is 4. The molecule has 1 N–H and O–H groups in total. The van der Waals surface area contributed by atoms with Crippen LogP contribution in [0.25, 0.3) is 0 Å². The Kier molecular flexibility index (Phi) is 5.06. The Morgan fingerprint density at radius 2 is 2.14 bits per heavy atom. The van der Waals surface area contributed by atoms with E-state index in [0.717, 1.165) is 12.0 Å². The first-order valence-corrected chi connectivity index (χ1v) is 7.61. The van der Waals surface area contributed by atoms with Crippen LogP contribution in [0.4, 0.5) is 0 Å². The third kappa shape index (κ3) is 3.40. The van der Waals surface area contributed by atoms with E-state index in [1.807, 2.05) is 38.1 Å². The Morgan fingerprint density at radius 1 is 1.41 bits per heavy atom. The summed E-state index contributed by atoms with van der Waals surface area (Å²) >= 11 is 0. The Balaban J connectivity index is 2.19. The van der Waals surface area contributed by atoms with Crippen molar-refractivity contribution in [3.05, 3.63) is 29.8 Å². The average molecular weight is 305 g/mol. The lowest BCUT2D eigenvalue weighted by atomic mass is 9.90. The highest BCUT2D eigenvalue weighted by Gasteiger charge is 2.36. The summed E-state index contributed by atoms with van der Waals surface area (Å²) in [5.41, 5.74) is 0.840. The first kappa shape index (κ1) is 16.3. The van der Waals surface area contributed by atoms with Gasteiger partial charge in [-0.1, -0.05) is 19.1 Å². The zero-order valence-electron chi connectivity index (χ0n) is 13.3. The Bertz CT molecular complexity index is 557. The second kappa shape index (κ2) is 6.81. The topological polar surface area (TPSA) is 66.8 Å². The predicted octanol–water partition coefficient (Wildman–Crippen LogP) is 2.51. The van der Waals surface area contributed by atoms with Crippen molar-refractivity contribution >= 4 is 11.9 Å². The van der Waals surface area contributed by atoms with E-state index in [0.29, 0.717) is 24.6 Å². The van der Waals surface area contributed by atoms with E-state index < -0.39 is 12.0 Å². The van der Waals surface area contributed by atoms with Gasteiger partial charge in [0.25, 0.3) is 0 Å². The molecule has 3 unspecified atom stereocenters. The van der Waals surface area contributed by atoms with Crippen LogP contribution in [0.1, 0.15) is 38.2 Å². The number of likely N-dealkylation sites (tertiary alicyclic amines) is 1. The molecule has 120 valence electrons. The van der Waals surface area contributed by atoms with Crippen molar-refractivity contribution in [2.75, 3.05) is 13.7 Å². The molecule has 1 aromatic carbocycles. The summed E-state index contributed by atoms with van der Waals surface area (Å²) in [6.07, 6.45) is 1.37. The number of piperidine rings is 1. The molecule has 22 heavy (non-hydrogen) atoms. The maximum atomic E-state index is 12.7. The highest BCUT2D eigenvalue weighted by Crippen LogP contribution is 2.28. The third-order valence-corrected chi connectivity index (χ3v) is 4.40. The van der Waals surface area contributed by atoms with Crippen LogP contribution < -0.4 is 4.74 Å². The summed E-state index contributed by atoms with van der Waals surface area (Å²) in [6.45, 7) is 4.35. The number of ether oxygens (including phenoxy) is 1. The fourth-order valence-corrected chi connectivity index (χ4v) is 2.94. The Labute approximate surface area is 130 Å². The summed E-state index contributed by atoms with van der Waals surface area (Å²) in [7, 11) is 1.58. The van der Waals surface area contributed by atoms with Gasteiger partial charge in [0.1, 0.15) is 11.8 Å². The molecule has 5 heteroatoms. The van der Waals surface area contributed by atoms with Crippen LogP contribution in [0.3, 0.4) is 0 Å². The lowest BCUT2D eigenvalue weighted by Gasteiger charge is -2.37. The number of aliphatic carboxylic acids is 1. The van der Waals surface area contributed by atoms with E-state index in [4.69, 9.17) is 4.74 Å². The molecule has 1 aliphatic heterocycles. The molecule has 3 atom stereocenters. The van der Waals surface area contributed by atoms with Crippen LogP contribution >= 0.6 is 0 Å². The van der Waals surface area contributed by atoms with E-state index >= 15 is 0 Å². The number of methoxy groups -OCH3 is 1. The number of hydrogen-bond acceptors (Lipinski definition) is 3. The SMILES string of the molecule is COc1cccc(C(C)C(=O)N2CCC(C)CC2C(=O)O)c1. The van der Waals surface area contributed by atoms with Crippen LogP contribution in [-0.4, -0.2) is 41.6 Å². The number of amides is 1. The van der Waals surface area contributed by atoms with Gasteiger partial charge in [-0.15, -0.1) is 0 Å². The fraction of sp³-hybridized carbons (Fsp3) is 0.529. The monoisotopic (exact) mass is 305 g/mol. The van der Waals surface area contributed by atoms with E-state index in [2.05, 4.69) is 0 Å². The second-order valence-corrected chi connectivity index (χ2v) is 6.01. The molecule has 1 amide bonds. The molecular formula is C17H23NO4. The number of hydrogen-bond donors (Lipinski definition) is 1. The van der Waals surface area contributed by atoms with Gasteiger partial charge in [-0.25, -0.2) is 4.79 Å². The number of carboxylic acid groups (broad SMARTS) is 1. The second-order valence-electron chi connectivity index (χ2n) is 6.01. The van der Waals surface area contributed by atoms with Gasteiger partial charge in [-0.2, -0.15) is 0 Å².